The molecule has 0 bridgehead atoms. The number of nitrogens with one attached hydrogen (secondary N) is 1. The van der Waals surface area contributed by atoms with Gasteiger partial charge in [0.05, 0.1) is 22.4 Å². The molecule has 2 heterocycles. The van der Waals surface area contributed by atoms with E-state index in [9.17, 15) is 18.0 Å². The molecule has 8 nitrogen and oxygen atoms in total. The summed E-state index contributed by atoms with van der Waals surface area (Å²) in [5.74, 6) is 0.0850. The molecule has 4 rings (SSSR count). The van der Waals surface area contributed by atoms with Gasteiger partial charge in [0, 0.05) is 30.1 Å². The third-order valence-corrected chi connectivity index (χ3v) is 9.15. The van der Waals surface area contributed by atoms with Gasteiger partial charge in [-0.1, -0.05) is 12.5 Å². The van der Waals surface area contributed by atoms with Gasteiger partial charge in [-0.25, -0.2) is 8.42 Å². The molecule has 0 aromatic heterocycles. The molecule has 0 saturated carbocycles. The number of hydrogen-bond donors (Lipinski definition) is 1. The zero-order chi connectivity index (χ0) is 24.3. The van der Waals surface area contributed by atoms with Gasteiger partial charge in [-0.2, -0.15) is 9.57 Å². The van der Waals surface area contributed by atoms with Crippen molar-refractivity contribution in [3.05, 3.63) is 59.2 Å². The predicted molar refractivity (Wildman–Crippen MR) is 131 cm³/mol. The number of aryl methyl sites for hydroxylation is 1. The van der Waals surface area contributed by atoms with Crippen LogP contribution in [-0.2, 0) is 14.8 Å². The fourth-order valence-electron chi connectivity index (χ4n) is 4.13. The normalized spacial score (nSPS) is 18.9. The van der Waals surface area contributed by atoms with Gasteiger partial charge in [-0.3, -0.25) is 9.59 Å². The molecule has 2 saturated heterocycles. The van der Waals surface area contributed by atoms with Crippen molar-refractivity contribution in [2.45, 2.75) is 37.1 Å². The molecular formula is C24H26N4O4S2. The van der Waals surface area contributed by atoms with E-state index in [1.54, 1.807) is 43.3 Å². The Hall–Kier alpha value is -2.87. The first kappa shape index (κ1) is 24.3. The fraction of sp³-hybridized carbons (Fsp3) is 0.375. The van der Waals surface area contributed by atoms with Crippen molar-refractivity contribution < 1.29 is 18.0 Å². The summed E-state index contributed by atoms with van der Waals surface area (Å²) in [6, 6.07) is 12.6. The molecule has 2 aliphatic rings. The number of hydrogen-bond acceptors (Lipinski definition) is 6. The second-order valence-corrected chi connectivity index (χ2v) is 11.3. The van der Waals surface area contributed by atoms with Gasteiger partial charge in [0.25, 0.3) is 5.91 Å². The van der Waals surface area contributed by atoms with Crippen LogP contribution in [0.3, 0.4) is 0 Å². The standard InChI is InChI=1S/C24H26N4O4S2/c1-17-5-8-19(13-22(17)34(31,32)27-11-3-2-4-12-27)24(30)28-16-33-15-21(28)23(29)26-20-9-6-18(14-25)7-10-20/h5-10,13,21H,2-4,11-12,15-16H2,1H3,(H,26,29). The van der Waals surface area contributed by atoms with Gasteiger partial charge >= 0.3 is 0 Å². The number of carbonyl (C=O) groups is 2. The van der Waals surface area contributed by atoms with E-state index >= 15 is 0 Å². The average Bonchev–Trinajstić information content (AvgIpc) is 3.35. The molecule has 0 spiro atoms. The molecule has 1 N–H and O–H groups in total. The number of nitriles is 1. The van der Waals surface area contributed by atoms with Crippen LogP contribution in [0.4, 0.5) is 5.69 Å². The van der Waals surface area contributed by atoms with Crippen LogP contribution in [0.15, 0.2) is 47.4 Å². The molecule has 1 unspecified atom stereocenters. The molecule has 0 radical (unpaired) electrons. The zero-order valence-corrected chi connectivity index (χ0v) is 20.5. The molecule has 2 aliphatic heterocycles. The van der Waals surface area contributed by atoms with Crippen LogP contribution in [0.2, 0.25) is 0 Å². The fourth-order valence-corrected chi connectivity index (χ4v) is 7.06. The maximum Gasteiger partial charge on any atom is 0.255 e. The highest BCUT2D eigenvalue weighted by Gasteiger charge is 2.36. The van der Waals surface area contributed by atoms with Crippen molar-refractivity contribution in [3.8, 4) is 6.07 Å². The van der Waals surface area contributed by atoms with Gasteiger partial charge in [0.15, 0.2) is 0 Å². The van der Waals surface area contributed by atoms with Gasteiger partial charge in [-0.15, -0.1) is 11.8 Å². The molecular weight excluding hydrogens is 472 g/mol. The zero-order valence-electron chi connectivity index (χ0n) is 18.9. The van der Waals surface area contributed by atoms with Crippen molar-refractivity contribution in [2.24, 2.45) is 0 Å². The Morgan fingerprint density at radius 2 is 1.79 bits per heavy atom. The number of anilines is 1. The number of amides is 2. The molecule has 2 aromatic carbocycles. The Kier molecular flexibility index (Phi) is 7.26. The topological polar surface area (TPSA) is 111 Å². The Morgan fingerprint density at radius 1 is 1.09 bits per heavy atom. The Labute approximate surface area is 204 Å². The highest BCUT2D eigenvalue weighted by Crippen LogP contribution is 2.28. The lowest BCUT2D eigenvalue weighted by Crippen LogP contribution is -2.44. The van der Waals surface area contributed by atoms with Crippen LogP contribution in [0, 0.1) is 18.3 Å². The minimum Gasteiger partial charge on any atom is -0.324 e. The first-order valence-electron chi connectivity index (χ1n) is 11.1. The Morgan fingerprint density at radius 3 is 2.47 bits per heavy atom. The summed E-state index contributed by atoms with van der Waals surface area (Å²) < 4.78 is 28.0. The third kappa shape index (κ3) is 4.97. The van der Waals surface area contributed by atoms with Gasteiger partial charge in [0.2, 0.25) is 15.9 Å². The lowest BCUT2D eigenvalue weighted by Gasteiger charge is -2.27. The van der Waals surface area contributed by atoms with Gasteiger partial charge < -0.3 is 10.2 Å². The number of thioether (sulfide) groups is 1. The highest BCUT2D eigenvalue weighted by atomic mass is 32.2. The first-order valence-corrected chi connectivity index (χ1v) is 13.7. The number of rotatable bonds is 5. The summed E-state index contributed by atoms with van der Waals surface area (Å²) in [6.07, 6.45) is 2.68. The van der Waals surface area contributed by atoms with E-state index in [0.29, 0.717) is 41.5 Å². The van der Waals surface area contributed by atoms with E-state index < -0.39 is 16.1 Å². The average molecular weight is 499 g/mol. The largest absolute Gasteiger partial charge is 0.324 e. The summed E-state index contributed by atoms with van der Waals surface area (Å²) in [5, 5.41) is 11.7. The number of nitrogens with zero attached hydrogens (tertiary/aromatic N) is 3. The second kappa shape index (κ2) is 10.2. The smallest absolute Gasteiger partial charge is 0.255 e. The van der Waals surface area contributed by atoms with Crippen LogP contribution < -0.4 is 5.32 Å². The lowest BCUT2D eigenvalue weighted by molar-refractivity contribution is -0.119. The molecule has 2 amide bonds. The molecule has 34 heavy (non-hydrogen) atoms. The van der Waals surface area contributed by atoms with Crippen LogP contribution in [0.25, 0.3) is 0 Å². The number of benzene rings is 2. The lowest BCUT2D eigenvalue weighted by atomic mass is 10.1. The third-order valence-electron chi connectivity index (χ3n) is 6.10. The highest BCUT2D eigenvalue weighted by molar-refractivity contribution is 7.99. The quantitative estimate of drug-likeness (QED) is 0.678. The molecule has 178 valence electrons. The Bertz CT molecular complexity index is 1230. The van der Waals surface area contributed by atoms with E-state index in [2.05, 4.69) is 5.32 Å². The van der Waals surface area contributed by atoms with Crippen LogP contribution in [-0.4, -0.2) is 60.2 Å². The molecule has 10 heteroatoms. The van der Waals surface area contributed by atoms with E-state index in [0.717, 1.165) is 19.3 Å². The molecule has 1 atom stereocenters. The van der Waals surface area contributed by atoms with Crippen molar-refractivity contribution in [1.29, 1.82) is 5.26 Å². The van der Waals surface area contributed by atoms with Gasteiger partial charge in [-0.05, 0) is 61.7 Å². The van der Waals surface area contributed by atoms with Crippen LogP contribution >= 0.6 is 11.8 Å². The SMILES string of the molecule is Cc1ccc(C(=O)N2CSCC2C(=O)Nc2ccc(C#N)cc2)cc1S(=O)(=O)N1CCCCC1. The second-order valence-electron chi connectivity index (χ2n) is 8.41. The van der Waals surface area contributed by atoms with Crippen LogP contribution in [0.1, 0.15) is 40.7 Å². The van der Waals surface area contributed by atoms with E-state index in [1.807, 2.05) is 6.07 Å². The molecule has 0 aliphatic carbocycles. The summed E-state index contributed by atoms with van der Waals surface area (Å²) in [4.78, 5) is 27.9. The van der Waals surface area contributed by atoms with Crippen molar-refractivity contribution in [1.82, 2.24) is 9.21 Å². The van der Waals surface area contributed by atoms with Crippen molar-refractivity contribution in [2.75, 3.05) is 30.0 Å². The summed E-state index contributed by atoms with van der Waals surface area (Å²) >= 11 is 1.47. The summed E-state index contributed by atoms with van der Waals surface area (Å²) in [5.41, 5.74) is 1.87. The Balaban J connectivity index is 1.54. The minimum atomic E-state index is -3.69. The number of carbonyl (C=O) groups excluding carboxylic acids is 2. The number of piperidine rings is 1. The predicted octanol–water partition coefficient (Wildman–Crippen LogP) is 3.20. The maximum absolute atomic E-state index is 13.4. The summed E-state index contributed by atoms with van der Waals surface area (Å²) in [7, 11) is -3.69. The van der Waals surface area contributed by atoms with E-state index in [1.165, 1.54) is 27.0 Å². The number of sulfonamides is 1. The minimum absolute atomic E-state index is 0.144. The van der Waals surface area contributed by atoms with Gasteiger partial charge in [0.1, 0.15) is 6.04 Å². The summed E-state index contributed by atoms with van der Waals surface area (Å²) in [6.45, 7) is 2.70. The van der Waals surface area contributed by atoms with E-state index in [4.69, 9.17) is 5.26 Å². The van der Waals surface area contributed by atoms with Crippen molar-refractivity contribution in [3.63, 3.8) is 0 Å². The van der Waals surface area contributed by atoms with E-state index in [-0.39, 0.29) is 22.3 Å². The maximum atomic E-state index is 13.4. The van der Waals surface area contributed by atoms with Crippen LogP contribution in [0.5, 0.6) is 0 Å². The molecule has 2 fully saturated rings. The molecule has 2 aromatic rings. The van der Waals surface area contributed by atoms with Crippen molar-refractivity contribution >= 4 is 39.3 Å². The first-order chi connectivity index (χ1) is 16.3. The monoisotopic (exact) mass is 498 g/mol.